The third-order valence-electron chi connectivity index (χ3n) is 4.44. The lowest BCUT2D eigenvalue weighted by Gasteiger charge is -2.23. The van der Waals surface area contributed by atoms with E-state index in [0.29, 0.717) is 0 Å². The van der Waals surface area contributed by atoms with Crippen LogP contribution < -0.4 is 5.32 Å². The summed E-state index contributed by atoms with van der Waals surface area (Å²) in [6.45, 7) is 7.56. The fraction of sp³-hybridized carbons (Fsp3) is 0.556. The minimum atomic E-state index is -0.305. The van der Waals surface area contributed by atoms with Crippen LogP contribution in [-0.4, -0.2) is 17.8 Å². The minimum absolute atomic E-state index is 0.119. The molecule has 1 aliphatic carbocycles. The first-order valence-corrected chi connectivity index (χ1v) is 7.89. The van der Waals surface area contributed by atoms with Crippen molar-refractivity contribution in [2.45, 2.75) is 52.1 Å². The summed E-state index contributed by atoms with van der Waals surface area (Å²) in [6.07, 6.45) is 5.08. The number of rotatable bonds is 7. The Labute approximate surface area is 122 Å². The first-order chi connectivity index (χ1) is 9.67. The predicted molar refractivity (Wildman–Crippen MR) is 85.5 cm³/mol. The maximum Gasteiger partial charge on any atom is 0.0661 e. The van der Waals surface area contributed by atoms with E-state index in [-0.39, 0.29) is 12.0 Å². The van der Waals surface area contributed by atoms with Gasteiger partial charge in [0.1, 0.15) is 0 Å². The molecule has 3 atom stereocenters. The minimum Gasteiger partial charge on any atom is -0.392 e. The molecule has 0 amide bonds. The zero-order chi connectivity index (χ0) is 14.5. The van der Waals surface area contributed by atoms with Crippen molar-refractivity contribution in [1.29, 1.82) is 0 Å². The van der Waals surface area contributed by atoms with E-state index in [4.69, 9.17) is 0 Å². The van der Waals surface area contributed by atoms with E-state index in [0.717, 1.165) is 18.9 Å². The number of aliphatic hydroxyl groups excluding tert-OH is 1. The summed E-state index contributed by atoms with van der Waals surface area (Å²) in [5, 5.41) is 13.9. The fourth-order valence-corrected chi connectivity index (χ4v) is 2.83. The van der Waals surface area contributed by atoms with Gasteiger partial charge < -0.3 is 10.4 Å². The van der Waals surface area contributed by atoms with Crippen molar-refractivity contribution in [3.8, 4) is 0 Å². The summed E-state index contributed by atoms with van der Waals surface area (Å²) in [7, 11) is 0. The Kier molecular flexibility index (Phi) is 5.24. The lowest BCUT2D eigenvalue weighted by atomic mass is 9.92. The van der Waals surface area contributed by atoms with Crippen molar-refractivity contribution in [3.05, 3.63) is 41.1 Å². The van der Waals surface area contributed by atoms with Gasteiger partial charge >= 0.3 is 0 Å². The smallest absolute Gasteiger partial charge is 0.0661 e. The normalized spacial score (nSPS) is 20.2. The molecule has 20 heavy (non-hydrogen) atoms. The van der Waals surface area contributed by atoms with Crippen LogP contribution in [0.2, 0.25) is 0 Å². The summed E-state index contributed by atoms with van der Waals surface area (Å²) in [4.78, 5) is 0. The highest BCUT2D eigenvalue weighted by Gasteiger charge is 2.30. The maximum atomic E-state index is 10.3. The highest BCUT2D eigenvalue weighted by Crippen LogP contribution is 2.37. The highest BCUT2D eigenvalue weighted by atomic mass is 16.3. The number of fused-ring (bicyclic) bond motifs is 1. The Bertz CT molecular complexity index is 466. The van der Waals surface area contributed by atoms with Gasteiger partial charge in [-0.25, -0.2) is 0 Å². The highest BCUT2D eigenvalue weighted by molar-refractivity contribution is 5.66. The summed E-state index contributed by atoms with van der Waals surface area (Å²) in [5.74, 6) is 0.870. The molecule has 0 bridgehead atoms. The second kappa shape index (κ2) is 6.94. The van der Waals surface area contributed by atoms with Crippen LogP contribution in [-0.2, 0) is 0 Å². The molecule has 1 aliphatic rings. The SMILES string of the molecule is CCC(C)CCNC1=Cc2ccccc2C1C(O)CC. The molecule has 0 aliphatic heterocycles. The molecule has 2 nitrogen and oxygen atoms in total. The van der Waals surface area contributed by atoms with E-state index in [1.165, 1.54) is 29.7 Å². The third-order valence-corrected chi connectivity index (χ3v) is 4.44. The molecule has 2 N–H and O–H groups in total. The van der Waals surface area contributed by atoms with Crippen LogP contribution in [0.3, 0.4) is 0 Å². The molecule has 0 aromatic heterocycles. The van der Waals surface area contributed by atoms with Crippen LogP contribution in [0.15, 0.2) is 30.0 Å². The number of hydrogen-bond acceptors (Lipinski definition) is 2. The van der Waals surface area contributed by atoms with E-state index in [2.05, 4.69) is 49.5 Å². The number of nitrogens with one attached hydrogen (secondary N) is 1. The van der Waals surface area contributed by atoms with E-state index in [1.54, 1.807) is 0 Å². The van der Waals surface area contributed by atoms with Crippen LogP contribution in [0.4, 0.5) is 0 Å². The Morgan fingerprint density at radius 2 is 1.95 bits per heavy atom. The predicted octanol–water partition coefficient (Wildman–Crippen LogP) is 3.92. The molecule has 1 aromatic rings. The molecule has 0 radical (unpaired) electrons. The number of benzene rings is 1. The van der Waals surface area contributed by atoms with Gasteiger partial charge in [-0.15, -0.1) is 0 Å². The summed E-state index contributed by atoms with van der Waals surface area (Å²) in [6, 6.07) is 8.39. The van der Waals surface area contributed by atoms with Crippen LogP contribution in [0, 0.1) is 5.92 Å². The summed E-state index contributed by atoms with van der Waals surface area (Å²) < 4.78 is 0. The molecule has 2 rings (SSSR count). The van der Waals surface area contributed by atoms with Gasteiger partial charge in [0.2, 0.25) is 0 Å². The lowest BCUT2D eigenvalue weighted by molar-refractivity contribution is 0.149. The molecule has 0 saturated carbocycles. The van der Waals surface area contributed by atoms with E-state index in [1.807, 2.05) is 6.92 Å². The zero-order valence-corrected chi connectivity index (χ0v) is 12.9. The topological polar surface area (TPSA) is 32.3 Å². The van der Waals surface area contributed by atoms with Gasteiger partial charge in [0.15, 0.2) is 0 Å². The second-order valence-electron chi connectivity index (χ2n) is 5.91. The summed E-state index contributed by atoms with van der Waals surface area (Å²) >= 11 is 0. The van der Waals surface area contributed by atoms with Crippen LogP contribution in [0.1, 0.15) is 57.1 Å². The monoisotopic (exact) mass is 273 g/mol. The Morgan fingerprint density at radius 3 is 2.65 bits per heavy atom. The molecule has 0 spiro atoms. The molecule has 0 fully saturated rings. The van der Waals surface area contributed by atoms with Gasteiger partial charge in [0, 0.05) is 12.2 Å². The van der Waals surface area contributed by atoms with Crippen molar-refractivity contribution in [2.24, 2.45) is 5.92 Å². The second-order valence-corrected chi connectivity index (χ2v) is 5.91. The molecule has 0 saturated heterocycles. The molecular formula is C18H27NO. The quantitative estimate of drug-likeness (QED) is 0.789. The average Bonchev–Trinajstić information content (AvgIpc) is 2.84. The van der Waals surface area contributed by atoms with Crippen molar-refractivity contribution in [3.63, 3.8) is 0 Å². The molecule has 0 heterocycles. The van der Waals surface area contributed by atoms with Gasteiger partial charge in [-0.2, -0.15) is 0 Å². The van der Waals surface area contributed by atoms with Crippen molar-refractivity contribution in [1.82, 2.24) is 5.32 Å². The standard InChI is InChI=1S/C18H27NO/c1-4-13(3)10-11-19-16-12-14-8-6-7-9-15(14)18(16)17(20)5-2/h6-9,12-13,17-20H,4-5,10-11H2,1-3H3. The molecular weight excluding hydrogens is 246 g/mol. The largest absolute Gasteiger partial charge is 0.392 e. The Hall–Kier alpha value is -1.28. The van der Waals surface area contributed by atoms with Gasteiger partial charge in [0.25, 0.3) is 0 Å². The van der Waals surface area contributed by atoms with Gasteiger partial charge in [-0.1, -0.05) is 51.5 Å². The van der Waals surface area contributed by atoms with Crippen molar-refractivity contribution >= 4 is 6.08 Å². The number of aliphatic hydroxyl groups is 1. The molecule has 3 unspecified atom stereocenters. The summed E-state index contributed by atoms with van der Waals surface area (Å²) in [5.41, 5.74) is 3.69. The van der Waals surface area contributed by atoms with Gasteiger partial charge in [-0.3, -0.25) is 0 Å². The first-order valence-electron chi connectivity index (χ1n) is 7.89. The van der Waals surface area contributed by atoms with Crippen molar-refractivity contribution in [2.75, 3.05) is 6.54 Å². The number of hydrogen-bond donors (Lipinski definition) is 2. The van der Waals surface area contributed by atoms with Crippen LogP contribution in [0.25, 0.3) is 6.08 Å². The molecule has 2 heteroatoms. The van der Waals surface area contributed by atoms with Crippen LogP contribution in [0.5, 0.6) is 0 Å². The van der Waals surface area contributed by atoms with Crippen LogP contribution >= 0.6 is 0 Å². The maximum absolute atomic E-state index is 10.3. The average molecular weight is 273 g/mol. The molecule has 110 valence electrons. The van der Waals surface area contributed by atoms with Gasteiger partial charge in [0.05, 0.1) is 12.0 Å². The Morgan fingerprint density at radius 1 is 1.20 bits per heavy atom. The molecule has 1 aromatic carbocycles. The van der Waals surface area contributed by atoms with Crippen molar-refractivity contribution < 1.29 is 5.11 Å². The fourth-order valence-electron chi connectivity index (χ4n) is 2.83. The van der Waals surface area contributed by atoms with E-state index < -0.39 is 0 Å². The van der Waals surface area contributed by atoms with E-state index in [9.17, 15) is 5.11 Å². The Balaban J connectivity index is 2.08. The van der Waals surface area contributed by atoms with Gasteiger partial charge in [-0.05, 0) is 36.0 Å². The zero-order valence-electron chi connectivity index (χ0n) is 12.9. The third kappa shape index (κ3) is 3.24. The van der Waals surface area contributed by atoms with E-state index >= 15 is 0 Å². The first kappa shape index (κ1) is 15.1. The lowest BCUT2D eigenvalue weighted by Crippen LogP contribution is -2.26.